The number of esters is 2. The lowest BCUT2D eigenvalue weighted by Gasteiger charge is -2.19. The summed E-state index contributed by atoms with van der Waals surface area (Å²) in [6.07, 6.45) is 1.81. The molecule has 1 rings (SSSR count). The van der Waals surface area contributed by atoms with Crippen LogP contribution >= 0.6 is 0 Å². The molecule has 0 aliphatic heterocycles. The van der Waals surface area contributed by atoms with Crippen molar-refractivity contribution in [1.29, 1.82) is 0 Å². The quantitative estimate of drug-likeness (QED) is 0.346. The van der Waals surface area contributed by atoms with Crippen LogP contribution in [0.4, 0.5) is 0 Å². The average molecular weight is 294 g/mol. The SMILES string of the molecule is CCCCOC(=O)C#C[C@H]1[C@@H](C(=O)OC(C)(C)C)C1(C)C. The third kappa shape index (κ3) is 5.08. The minimum atomic E-state index is -0.519. The first-order valence-corrected chi connectivity index (χ1v) is 7.50. The Morgan fingerprint density at radius 2 is 1.86 bits per heavy atom. The van der Waals surface area contributed by atoms with Crippen LogP contribution in [-0.2, 0) is 19.1 Å². The molecule has 1 aliphatic carbocycles. The molecule has 0 radical (unpaired) electrons. The van der Waals surface area contributed by atoms with Crippen molar-refractivity contribution in [1.82, 2.24) is 0 Å². The molecule has 0 bridgehead atoms. The van der Waals surface area contributed by atoms with E-state index in [1.165, 1.54) is 0 Å². The number of rotatable bonds is 4. The fourth-order valence-corrected chi connectivity index (χ4v) is 2.19. The molecule has 0 saturated heterocycles. The van der Waals surface area contributed by atoms with Gasteiger partial charge in [0.05, 0.1) is 12.5 Å². The molecule has 118 valence electrons. The Morgan fingerprint density at radius 3 is 2.38 bits per heavy atom. The maximum Gasteiger partial charge on any atom is 0.384 e. The first kappa shape index (κ1) is 17.6. The van der Waals surface area contributed by atoms with E-state index in [2.05, 4.69) is 11.8 Å². The van der Waals surface area contributed by atoms with E-state index in [9.17, 15) is 9.59 Å². The Morgan fingerprint density at radius 1 is 1.24 bits per heavy atom. The lowest BCUT2D eigenvalue weighted by molar-refractivity contribution is -0.157. The van der Waals surface area contributed by atoms with Gasteiger partial charge >= 0.3 is 11.9 Å². The van der Waals surface area contributed by atoms with E-state index in [1.807, 2.05) is 41.5 Å². The zero-order valence-electron chi connectivity index (χ0n) is 13.9. The minimum Gasteiger partial charge on any atom is -0.460 e. The predicted molar refractivity (Wildman–Crippen MR) is 80.2 cm³/mol. The van der Waals surface area contributed by atoms with Gasteiger partial charge in [-0.3, -0.25) is 4.79 Å². The molecule has 0 N–H and O–H groups in total. The third-order valence-corrected chi connectivity index (χ3v) is 3.55. The summed E-state index contributed by atoms with van der Waals surface area (Å²) >= 11 is 0. The highest BCUT2D eigenvalue weighted by molar-refractivity contribution is 5.89. The van der Waals surface area contributed by atoms with Crippen LogP contribution in [0.5, 0.6) is 0 Å². The maximum absolute atomic E-state index is 12.1. The van der Waals surface area contributed by atoms with Gasteiger partial charge in [0.15, 0.2) is 0 Å². The molecule has 4 nitrogen and oxygen atoms in total. The zero-order valence-corrected chi connectivity index (χ0v) is 13.9. The summed E-state index contributed by atoms with van der Waals surface area (Å²) in [6, 6.07) is 0. The summed E-state index contributed by atoms with van der Waals surface area (Å²) < 4.78 is 10.4. The van der Waals surface area contributed by atoms with Gasteiger partial charge in [-0.15, -0.1) is 0 Å². The van der Waals surface area contributed by atoms with Crippen molar-refractivity contribution in [2.45, 2.75) is 60.0 Å². The Hall–Kier alpha value is -1.50. The van der Waals surface area contributed by atoms with Crippen LogP contribution in [0, 0.1) is 29.1 Å². The van der Waals surface area contributed by atoms with E-state index >= 15 is 0 Å². The molecule has 0 aromatic carbocycles. The van der Waals surface area contributed by atoms with Gasteiger partial charge in [0.25, 0.3) is 0 Å². The molecular weight excluding hydrogens is 268 g/mol. The van der Waals surface area contributed by atoms with Crippen LogP contribution < -0.4 is 0 Å². The number of carbonyl (C=O) groups excluding carboxylic acids is 2. The summed E-state index contributed by atoms with van der Waals surface area (Å²) in [5, 5.41) is 0. The fraction of sp³-hybridized carbons (Fsp3) is 0.765. The normalized spacial score (nSPS) is 22.8. The molecule has 0 heterocycles. The van der Waals surface area contributed by atoms with Crippen LogP contribution in [0.2, 0.25) is 0 Å². The van der Waals surface area contributed by atoms with Gasteiger partial charge in [-0.1, -0.05) is 33.1 Å². The van der Waals surface area contributed by atoms with Crippen molar-refractivity contribution in [3.8, 4) is 11.8 Å². The second-order valence-corrected chi connectivity index (χ2v) is 7.07. The molecule has 0 aromatic rings. The number of unbranched alkanes of at least 4 members (excludes halogenated alkanes) is 1. The molecule has 0 spiro atoms. The van der Waals surface area contributed by atoms with Gasteiger partial charge in [0.1, 0.15) is 5.60 Å². The maximum atomic E-state index is 12.1. The minimum absolute atomic E-state index is 0.147. The van der Waals surface area contributed by atoms with Crippen LogP contribution in [0.25, 0.3) is 0 Å². The van der Waals surface area contributed by atoms with Crippen molar-refractivity contribution in [3.63, 3.8) is 0 Å². The van der Waals surface area contributed by atoms with Gasteiger partial charge in [0, 0.05) is 11.8 Å². The number of ether oxygens (including phenoxy) is 2. The lowest BCUT2D eigenvalue weighted by atomic mass is 10.1. The predicted octanol–water partition coefficient (Wildman–Crippen LogP) is 2.95. The van der Waals surface area contributed by atoms with Crippen molar-refractivity contribution >= 4 is 11.9 Å². The van der Waals surface area contributed by atoms with Crippen molar-refractivity contribution in [2.24, 2.45) is 17.3 Å². The highest BCUT2D eigenvalue weighted by Gasteiger charge is 2.62. The van der Waals surface area contributed by atoms with E-state index in [0.717, 1.165) is 12.8 Å². The average Bonchev–Trinajstić information content (AvgIpc) is 2.86. The molecule has 0 aromatic heterocycles. The largest absolute Gasteiger partial charge is 0.460 e. The molecule has 0 unspecified atom stereocenters. The van der Waals surface area contributed by atoms with Gasteiger partial charge < -0.3 is 9.47 Å². The molecule has 1 fully saturated rings. The van der Waals surface area contributed by atoms with Crippen LogP contribution in [0.15, 0.2) is 0 Å². The van der Waals surface area contributed by atoms with Crippen molar-refractivity contribution in [2.75, 3.05) is 6.61 Å². The summed E-state index contributed by atoms with van der Waals surface area (Å²) in [6.45, 7) is 11.9. The fourth-order valence-electron chi connectivity index (χ4n) is 2.19. The molecule has 2 atom stereocenters. The van der Waals surface area contributed by atoms with E-state index in [0.29, 0.717) is 6.61 Å². The summed E-state index contributed by atoms with van der Waals surface area (Å²) in [5.74, 6) is 4.17. The monoisotopic (exact) mass is 294 g/mol. The molecule has 1 saturated carbocycles. The molecule has 0 amide bonds. The van der Waals surface area contributed by atoms with E-state index < -0.39 is 11.6 Å². The Kier molecular flexibility index (Phi) is 5.44. The first-order valence-electron chi connectivity index (χ1n) is 7.50. The molecule has 21 heavy (non-hydrogen) atoms. The second kappa shape index (κ2) is 6.51. The van der Waals surface area contributed by atoms with Crippen LogP contribution in [0.3, 0.4) is 0 Å². The van der Waals surface area contributed by atoms with Crippen LogP contribution in [-0.4, -0.2) is 24.1 Å². The van der Waals surface area contributed by atoms with Gasteiger partial charge in [-0.05, 0) is 32.6 Å². The zero-order chi connectivity index (χ0) is 16.3. The summed E-state index contributed by atoms with van der Waals surface area (Å²) in [4.78, 5) is 23.6. The number of carbonyl (C=O) groups is 2. The molecular formula is C17H26O4. The standard InChI is InChI=1S/C17H26O4/c1-7-8-11-20-13(18)10-9-12-14(17(12,5)6)15(19)21-16(2,3)4/h12,14H,7-8,11H2,1-6H3/t12-,14-/m0/s1. The highest BCUT2D eigenvalue weighted by atomic mass is 16.6. The third-order valence-electron chi connectivity index (χ3n) is 3.55. The number of hydrogen-bond acceptors (Lipinski definition) is 4. The van der Waals surface area contributed by atoms with E-state index in [-0.39, 0.29) is 23.2 Å². The van der Waals surface area contributed by atoms with Gasteiger partial charge in [-0.2, -0.15) is 0 Å². The van der Waals surface area contributed by atoms with Crippen LogP contribution in [0.1, 0.15) is 54.4 Å². The topological polar surface area (TPSA) is 52.6 Å². The summed E-state index contributed by atoms with van der Waals surface area (Å²) in [7, 11) is 0. The lowest BCUT2D eigenvalue weighted by Crippen LogP contribution is -2.26. The van der Waals surface area contributed by atoms with Gasteiger partial charge in [0.2, 0.25) is 0 Å². The van der Waals surface area contributed by atoms with E-state index in [1.54, 1.807) is 0 Å². The Balaban J connectivity index is 2.57. The smallest absolute Gasteiger partial charge is 0.384 e. The summed E-state index contributed by atoms with van der Waals surface area (Å²) in [5.41, 5.74) is -0.758. The molecule has 4 heteroatoms. The Labute approximate surface area is 127 Å². The number of hydrogen-bond donors (Lipinski definition) is 0. The highest BCUT2D eigenvalue weighted by Crippen LogP contribution is 2.58. The van der Waals surface area contributed by atoms with Crippen molar-refractivity contribution < 1.29 is 19.1 Å². The van der Waals surface area contributed by atoms with E-state index in [4.69, 9.17) is 9.47 Å². The molecule has 1 aliphatic rings. The Bertz CT molecular complexity index is 459. The second-order valence-electron chi connectivity index (χ2n) is 7.07. The van der Waals surface area contributed by atoms with Gasteiger partial charge in [-0.25, -0.2) is 4.79 Å². The van der Waals surface area contributed by atoms with Crippen molar-refractivity contribution in [3.05, 3.63) is 0 Å². The first-order chi connectivity index (χ1) is 9.59.